The van der Waals surface area contributed by atoms with Gasteiger partial charge in [0.25, 0.3) is 0 Å². The first kappa shape index (κ1) is 20.1. The van der Waals surface area contributed by atoms with E-state index in [2.05, 4.69) is 49.4 Å². The molecule has 1 N–H and O–H groups in total. The number of piperazine rings is 1. The third-order valence-corrected chi connectivity index (χ3v) is 5.76. The summed E-state index contributed by atoms with van der Waals surface area (Å²) in [5, 5.41) is 2.93. The summed E-state index contributed by atoms with van der Waals surface area (Å²) in [4.78, 5) is 26.3. The van der Waals surface area contributed by atoms with E-state index in [0.29, 0.717) is 5.69 Å². The van der Waals surface area contributed by atoms with Crippen molar-refractivity contribution < 1.29 is 4.79 Å². The van der Waals surface area contributed by atoms with Crippen molar-refractivity contribution in [2.75, 3.05) is 41.3 Å². The zero-order chi connectivity index (χ0) is 21.9. The second kappa shape index (κ2) is 8.70. The lowest BCUT2D eigenvalue weighted by atomic mass is 10.2. The number of amides is 1. The Balaban J connectivity index is 1.16. The summed E-state index contributed by atoms with van der Waals surface area (Å²) in [7, 11) is 0. The van der Waals surface area contributed by atoms with Crippen LogP contribution in [0.3, 0.4) is 0 Å². The quantitative estimate of drug-likeness (QED) is 0.529. The molecule has 1 amide bonds. The number of nitrogens with one attached hydrogen (secondary N) is 1. The topological polar surface area (TPSA) is 65.8 Å². The lowest BCUT2D eigenvalue weighted by molar-refractivity contribution is -0.115. The highest BCUT2D eigenvalue weighted by molar-refractivity contribution is 5.92. The molecule has 0 spiro atoms. The smallest absolute Gasteiger partial charge is 0.230 e. The highest BCUT2D eigenvalue weighted by Gasteiger charge is 2.18. The van der Waals surface area contributed by atoms with E-state index in [4.69, 9.17) is 0 Å². The Kier molecular flexibility index (Phi) is 5.46. The molecule has 0 bridgehead atoms. The molecule has 0 aliphatic carbocycles. The first-order valence-corrected chi connectivity index (χ1v) is 10.9. The van der Waals surface area contributed by atoms with Gasteiger partial charge >= 0.3 is 0 Å². The molecule has 0 saturated carbocycles. The molecule has 32 heavy (non-hydrogen) atoms. The van der Waals surface area contributed by atoms with E-state index in [-0.39, 0.29) is 12.3 Å². The van der Waals surface area contributed by atoms with Crippen molar-refractivity contribution in [2.45, 2.75) is 13.3 Å². The summed E-state index contributed by atoms with van der Waals surface area (Å²) < 4.78 is 1.93. The van der Waals surface area contributed by atoms with Crippen LogP contribution in [0.5, 0.6) is 0 Å². The number of fused-ring (bicyclic) bond motifs is 1. The molecule has 1 fully saturated rings. The SMILES string of the molecule is Cc1ccn2cc(CC(=O)Nc3ccc(N4CCN(c5ccccc5)CC4)nc3)nc2c1. The van der Waals surface area contributed by atoms with Crippen LogP contribution in [-0.4, -0.2) is 46.5 Å². The van der Waals surface area contributed by atoms with E-state index in [1.54, 1.807) is 6.20 Å². The Hall–Kier alpha value is -3.87. The Morgan fingerprint density at radius 3 is 2.53 bits per heavy atom. The standard InChI is InChI=1S/C25H26N6O/c1-19-9-10-31-18-21(27-24(31)15-19)16-25(32)28-20-7-8-23(26-17-20)30-13-11-29(12-14-30)22-5-3-2-4-6-22/h2-10,15,17-18H,11-14,16H2,1H3,(H,28,32). The average Bonchev–Trinajstić information content (AvgIpc) is 3.21. The number of benzene rings is 1. The van der Waals surface area contributed by atoms with Crippen molar-refractivity contribution in [3.8, 4) is 0 Å². The van der Waals surface area contributed by atoms with Crippen molar-refractivity contribution in [3.63, 3.8) is 0 Å². The third kappa shape index (κ3) is 4.42. The van der Waals surface area contributed by atoms with Crippen molar-refractivity contribution in [1.29, 1.82) is 0 Å². The number of imidazole rings is 1. The second-order valence-corrected chi connectivity index (χ2v) is 8.14. The van der Waals surface area contributed by atoms with Crippen molar-refractivity contribution in [3.05, 3.63) is 84.4 Å². The van der Waals surface area contributed by atoms with Gasteiger partial charge in [-0.2, -0.15) is 0 Å². The van der Waals surface area contributed by atoms with Crippen LogP contribution in [0.2, 0.25) is 0 Å². The van der Waals surface area contributed by atoms with E-state index in [0.717, 1.165) is 48.9 Å². The van der Waals surface area contributed by atoms with Gasteiger partial charge in [-0.25, -0.2) is 9.97 Å². The molecular formula is C25H26N6O. The van der Waals surface area contributed by atoms with E-state index in [9.17, 15) is 4.79 Å². The zero-order valence-corrected chi connectivity index (χ0v) is 18.1. The Labute approximate surface area is 187 Å². The molecule has 0 unspecified atom stereocenters. The van der Waals surface area contributed by atoms with Gasteiger partial charge in [0.2, 0.25) is 5.91 Å². The van der Waals surface area contributed by atoms with Crippen molar-refractivity contribution >= 4 is 28.7 Å². The van der Waals surface area contributed by atoms with E-state index in [1.165, 1.54) is 5.69 Å². The molecule has 162 valence electrons. The third-order valence-electron chi connectivity index (χ3n) is 5.76. The molecule has 7 nitrogen and oxygen atoms in total. The zero-order valence-electron chi connectivity index (χ0n) is 18.1. The maximum Gasteiger partial charge on any atom is 0.230 e. The first-order chi connectivity index (χ1) is 15.6. The Bertz CT molecular complexity index is 1210. The number of hydrogen-bond acceptors (Lipinski definition) is 5. The molecular weight excluding hydrogens is 400 g/mol. The number of carbonyl (C=O) groups excluding carboxylic acids is 1. The lowest BCUT2D eigenvalue weighted by Gasteiger charge is -2.36. The van der Waals surface area contributed by atoms with E-state index in [1.807, 2.05) is 54.0 Å². The number of carbonyl (C=O) groups is 1. The van der Waals surface area contributed by atoms with Crippen LogP contribution < -0.4 is 15.1 Å². The Morgan fingerprint density at radius 1 is 1.00 bits per heavy atom. The molecule has 4 heterocycles. The predicted molar refractivity (Wildman–Crippen MR) is 127 cm³/mol. The van der Waals surface area contributed by atoms with Gasteiger partial charge in [-0.05, 0) is 48.9 Å². The summed E-state index contributed by atoms with van der Waals surface area (Å²) in [5.41, 5.74) is 4.70. The van der Waals surface area contributed by atoms with Crippen LogP contribution in [0.25, 0.3) is 5.65 Å². The minimum absolute atomic E-state index is 0.101. The molecule has 1 aliphatic rings. The van der Waals surface area contributed by atoms with Gasteiger partial charge in [0.15, 0.2) is 0 Å². The number of para-hydroxylation sites is 1. The molecule has 3 aromatic heterocycles. The van der Waals surface area contributed by atoms with Gasteiger partial charge in [0, 0.05) is 44.3 Å². The van der Waals surface area contributed by atoms with Crippen molar-refractivity contribution in [2.24, 2.45) is 0 Å². The van der Waals surface area contributed by atoms with Crippen LogP contribution >= 0.6 is 0 Å². The summed E-state index contributed by atoms with van der Waals surface area (Å²) >= 11 is 0. The lowest BCUT2D eigenvalue weighted by Crippen LogP contribution is -2.46. The van der Waals surface area contributed by atoms with Gasteiger partial charge in [-0.3, -0.25) is 4.79 Å². The van der Waals surface area contributed by atoms with Gasteiger partial charge in [-0.15, -0.1) is 0 Å². The second-order valence-electron chi connectivity index (χ2n) is 8.14. The average molecular weight is 427 g/mol. The molecule has 0 radical (unpaired) electrons. The highest BCUT2D eigenvalue weighted by Crippen LogP contribution is 2.20. The van der Waals surface area contributed by atoms with Crippen LogP contribution in [0.15, 0.2) is 73.2 Å². The fourth-order valence-corrected chi connectivity index (χ4v) is 4.07. The minimum atomic E-state index is -0.101. The molecule has 4 aromatic rings. The van der Waals surface area contributed by atoms with Gasteiger partial charge < -0.3 is 19.5 Å². The number of hydrogen-bond donors (Lipinski definition) is 1. The largest absolute Gasteiger partial charge is 0.368 e. The maximum absolute atomic E-state index is 12.5. The number of nitrogens with zero attached hydrogens (tertiary/aromatic N) is 5. The van der Waals surface area contributed by atoms with Crippen LogP contribution in [0.4, 0.5) is 17.2 Å². The number of rotatable bonds is 5. The van der Waals surface area contributed by atoms with Crippen LogP contribution in [-0.2, 0) is 11.2 Å². The molecule has 1 saturated heterocycles. The molecule has 0 atom stereocenters. The van der Waals surface area contributed by atoms with Crippen LogP contribution in [0, 0.1) is 6.92 Å². The normalized spacial score (nSPS) is 14.0. The molecule has 7 heteroatoms. The predicted octanol–water partition coefficient (Wildman–Crippen LogP) is 3.55. The summed E-state index contributed by atoms with van der Waals surface area (Å²) in [6, 6.07) is 18.4. The summed E-state index contributed by atoms with van der Waals surface area (Å²) in [6.07, 6.45) is 5.81. The molecule has 1 aliphatic heterocycles. The highest BCUT2D eigenvalue weighted by atomic mass is 16.1. The van der Waals surface area contributed by atoms with Crippen LogP contribution in [0.1, 0.15) is 11.3 Å². The van der Waals surface area contributed by atoms with Gasteiger partial charge in [-0.1, -0.05) is 18.2 Å². The fourth-order valence-electron chi connectivity index (χ4n) is 4.07. The number of aromatic nitrogens is 3. The number of anilines is 3. The molecule has 1 aromatic carbocycles. The van der Waals surface area contributed by atoms with E-state index < -0.39 is 0 Å². The fraction of sp³-hybridized carbons (Fsp3) is 0.240. The molecule has 5 rings (SSSR count). The monoisotopic (exact) mass is 426 g/mol. The maximum atomic E-state index is 12.5. The van der Waals surface area contributed by atoms with Gasteiger partial charge in [0.1, 0.15) is 11.5 Å². The van der Waals surface area contributed by atoms with Gasteiger partial charge in [0.05, 0.1) is 24.0 Å². The van der Waals surface area contributed by atoms with Crippen molar-refractivity contribution in [1.82, 2.24) is 14.4 Å². The van der Waals surface area contributed by atoms with E-state index >= 15 is 0 Å². The Morgan fingerprint density at radius 2 is 1.78 bits per heavy atom. The first-order valence-electron chi connectivity index (χ1n) is 10.9. The number of pyridine rings is 2. The number of aryl methyl sites for hydroxylation is 1. The minimum Gasteiger partial charge on any atom is -0.368 e. The summed E-state index contributed by atoms with van der Waals surface area (Å²) in [5.74, 6) is 0.836. The summed E-state index contributed by atoms with van der Waals surface area (Å²) in [6.45, 7) is 5.79.